The highest BCUT2D eigenvalue weighted by Gasteiger charge is 2.37. The minimum absolute atomic E-state index is 0.0335. The van der Waals surface area contributed by atoms with Gasteiger partial charge in [-0.2, -0.15) is 26.3 Å². The fourth-order valence-electron chi connectivity index (χ4n) is 2.78. The summed E-state index contributed by atoms with van der Waals surface area (Å²) in [4.78, 5) is 11.6. The quantitative estimate of drug-likeness (QED) is 0.408. The molecule has 0 fully saturated rings. The van der Waals surface area contributed by atoms with Crippen LogP contribution in [0, 0.1) is 6.92 Å². The van der Waals surface area contributed by atoms with Gasteiger partial charge in [-0.15, -0.1) is 15.3 Å². The van der Waals surface area contributed by atoms with E-state index >= 15 is 0 Å². The van der Waals surface area contributed by atoms with E-state index < -0.39 is 29.0 Å². The van der Waals surface area contributed by atoms with Crippen LogP contribution in [0.15, 0.2) is 47.7 Å². The van der Waals surface area contributed by atoms with E-state index in [0.717, 1.165) is 11.0 Å². The van der Waals surface area contributed by atoms with E-state index in [-0.39, 0.29) is 23.7 Å². The van der Waals surface area contributed by atoms with Crippen LogP contribution in [0.2, 0.25) is 0 Å². The summed E-state index contributed by atoms with van der Waals surface area (Å²) in [6.45, 7) is 1.56. The number of aryl methyl sites for hydroxylation is 1. The number of nitrogens with zero attached hydrogens (tertiary/aromatic N) is 7. The number of halogens is 6. The molecule has 0 atom stereocenters. The van der Waals surface area contributed by atoms with Crippen molar-refractivity contribution in [3.05, 3.63) is 71.7 Å². The van der Waals surface area contributed by atoms with Crippen molar-refractivity contribution >= 4 is 11.8 Å². The summed E-state index contributed by atoms with van der Waals surface area (Å²) in [5, 5.41) is 11.6. The second-order valence-electron chi connectivity index (χ2n) is 6.64. The van der Waals surface area contributed by atoms with Crippen molar-refractivity contribution in [1.29, 1.82) is 0 Å². The summed E-state index contributed by atoms with van der Waals surface area (Å²) < 4.78 is 85.4. The van der Waals surface area contributed by atoms with Crippen LogP contribution in [0.25, 0.3) is 23.2 Å². The average Bonchev–Trinajstić information content (AvgIpc) is 3.40. The molecule has 1 aromatic carbocycles. The zero-order valence-electron chi connectivity index (χ0n) is 16.4. The molecule has 0 spiro atoms. The molecule has 0 aliphatic rings. The van der Waals surface area contributed by atoms with Gasteiger partial charge in [0, 0.05) is 36.6 Å². The van der Waals surface area contributed by atoms with Crippen molar-refractivity contribution in [2.24, 2.45) is 0 Å². The lowest BCUT2D eigenvalue weighted by Crippen LogP contribution is -2.11. The molecule has 0 aliphatic carbocycles. The Morgan fingerprint density at radius 3 is 2.12 bits per heavy atom. The molecule has 3 heterocycles. The number of alkyl halides is 6. The standard InChI is InChI=1S/C19H11F6N7O/c1-10-29-30-17(33-10)15(12-5-26-8-27-6-12)7-32-9-28-16(31-32)11-2-13(18(20,21)22)4-14(3-11)19(23,24)25/h2-9H,1H3. The molecular weight excluding hydrogens is 456 g/mol. The van der Waals surface area contributed by atoms with Gasteiger partial charge in [0.1, 0.15) is 12.7 Å². The van der Waals surface area contributed by atoms with Gasteiger partial charge in [0.05, 0.1) is 16.7 Å². The summed E-state index contributed by atoms with van der Waals surface area (Å²) in [6.07, 6.45) is -3.35. The van der Waals surface area contributed by atoms with Gasteiger partial charge in [-0.3, -0.25) is 0 Å². The summed E-state index contributed by atoms with van der Waals surface area (Å²) >= 11 is 0. The Labute approximate surface area is 180 Å². The number of hydrogen-bond acceptors (Lipinski definition) is 7. The first-order valence-corrected chi connectivity index (χ1v) is 8.99. The van der Waals surface area contributed by atoms with Crippen LogP contribution in [0.1, 0.15) is 28.5 Å². The molecule has 8 nitrogen and oxygen atoms in total. The number of rotatable bonds is 4. The lowest BCUT2D eigenvalue weighted by atomic mass is 10.0. The van der Waals surface area contributed by atoms with E-state index in [4.69, 9.17) is 4.42 Å². The first-order chi connectivity index (χ1) is 15.5. The Morgan fingerprint density at radius 2 is 1.58 bits per heavy atom. The molecule has 0 aliphatic heterocycles. The molecule has 14 heteroatoms. The van der Waals surface area contributed by atoms with Crippen molar-refractivity contribution < 1.29 is 30.8 Å². The number of benzene rings is 1. The van der Waals surface area contributed by atoms with E-state index in [0.29, 0.717) is 23.3 Å². The molecule has 3 aromatic heterocycles. The normalized spacial score (nSPS) is 12.9. The first kappa shape index (κ1) is 22.1. The van der Waals surface area contributed by atoms with Gasteiger partial charge in [0.25, 0.3) is 0 Å². The molecule has 33 heavy (non-hydrogen) atoms. The van der Waals surface area contributed by atoms with Crippen LogP contribution >= 0.6 is 0 Å². The Balaban J connectivity index is 1.79. The second kappa shape index (κ2) is 8.11. The Kier molecular flexibility index (Phi) is 5.43. The Morgan fingerprint density at radius 1 is 0.939 bits per heavy atom. The maximum atomic E-state index is 13.1. The van der Waals surface area contributed by atoms with Crippen LogP contribution in [-0.2, 0) is 12.4 Å². The SMILES string of the molecule is Cc1nnc(C(=Cn2cnc(-c3cc(C(F)(F)F)cc(C(F)(F)F)c3)n2)c2cncnc2)o1. The van der Waals surface area contributed by atoms with Gasteiger partial charge in [-0.05, 0) is 18.2 Å². The van der Waals surface area contributed by atoms with Crippen molar-refractivity contribution in [2.45, 2.75) is 19.3 Å². The van der Waals surface area contributed by atoms with Gasteiger partial charge in [0.2, 0.25) is 11.8 Å². The largest absolute Gasteiger partial charge is 0.421 e. The van der Waals surface area contributed by atoms with Gasteiger partial charge >= 0.3 is 12.4 Å². The second-order valence-corrected chi connectivity index (χ2v) is 6.64. The lowest BCUT2D eigenvalue weighted by Gasteiger charge is -2.13. The zero-order chi connectivity index (χ0) is 23.8. The molecule has 4 rings (SSSR count). The maximum absolute atomic E-state index is 13.1. The highest BCUT2D eigenvalue weighted by molar-refractivity contribution is 5.82. The average molecular weight is 467 g/mol. The van der Waals surface area contributed by atoms with Gasteiger partial charge in [-0.25, -0.2) is 19.6 Å². The van der Waals surface area contributed by atoms with Crippen molar-refractivity contribution in [3.8, 4) is 11.4 Å². The zero-order valence-corrected chi connectivity index (χ0v) is 16.4. The smallest absolute Gasteiger partial charge is 0.416 e. The van der Waals surface area contributed by atoms with E-state index in [1.165, 1.54) is 24.9 Å². The molecule has 4 aromatic rings. The fraction of sp³-hybridized carbons (Fsp3) is 0.158. The third-order valence-corrected chi connectivity index (χ3v) is 4.24. The van der Waals surface area contributed by atoms with E-state index in [1.54, 1.807) is 6.92 Å². The predicted octanol–water partition coefficient (Wildman–Crippen LogP) is 4.51. The Hall–Kier alpha value is -4.10. The maximum Gasteiger partial charge on any atom is 0.416 e. The third kappa shape index (κ3) is 4.88. The summed E-state index contributed by atoms with van der Waals surface area (Å²) in [7, 11) is 0. The molecule has 170 valence electrons. The summed E-state index contributed by atoms with van der Waals surface area (Å²) in [5.74, 6) is -0.0262. The minimum Gasteiger partial charge on any atom is -0.421 e. The van der Waals surface area contributed by atoms with Gasteiger partial charge in [0.15, 0.2) is 5.82 Å². The van der Waals surface area contributed by atoms with E-state index in [9.17, 15) is 26.3 Å². The molecule has 0 saturated heterocycles. The number of aromatic nitrogens is 7. The Bertz CT molecular complexity index is 1280. The summed E-state index contributed by atoms with van der Waals surface area (Å²) in [5.41, 5.74) is -2.66. The molecule has 0 radical (unpaired) electrons. The first-order valence-electron chi connectivity index (χ1n) is 8.99. The highest BCUT2D eigenvalue weighted by atomic mass is 19.4. The van der Waals surface area contributed by atoms with Gasteiger partial charge < -0.3 is 4.42 Å². The van der Waals surface area contributed by atoms with Crippen LogP contribution in [0.3, 0.4) is 0 Å². The van der Waals surface area contributed by atoms with Crippen LogP contribution < -0.4 is 0 Å². The molecule has 0 amide bonds. The van der Waals surface area contributed by atoms with Crippen LogP contribution in [-0.4, -0.2) is 34.9 Å². The van der Waals surface area contributed by atoms with Crippen LogP contribution in [0.4, 0.5) is 26.3 Å². The molecular formula is C19H11F6N7O. The van der Waals surface area contributed by atoms with Crippen molar-refractivity contribution in [1.82, 2.24) is 34.9 Å². The highest BCUT2D eigenvalue weighted by Crippen LogP contribution is 2.38. The molecule has 0 unspecified atom stereocenters. The van der Waals surface area contributed by atoms with E-state index in [1.807, 2.05) is 0 Å². The molecule has 0 N–H and O–H groups in total. The summed E-state index contributed by atoms with van der Waals surface area (Å²) in [6, 6.07) is 1.13. The monoisotopic (exact) mass is 467 g/mol. The van der Waals surface area contributed by atoms with Crippen LogP contribution in [0.5, 0.6) is 0 Å². The minimum atomic E-state index is -4.99. The van der Waals surface area contributed by atoms with E-state index in [2.05, 4.69) is 30.2 Å². The molecule has 0 bridgehead atoms. The topological polar surface area (TPSA) is 95.4 Å². The lowest BCUT2D eigenvalue weighted by molar-refractivity contribution is -0.143. The van der Waals surface area contributed by atoms with Crippen molar-refractivity contribution in [3.63, 3.8) is 0 Å². The van der Waals surface area contributed by atoms with Gasteiger partial charge in [-0.1, -0.05) is 0 Å². The van der Waals surface area contributed by atoms with Crippen molar-refractivity contribution in [2.75, 3.05) is 0 Å². The third-order valence-electron chi connectivity index (χ3n) is 4.24. The fourth-order valence-corrected chi connectivity index (χ4v) is 2.78. The predicted molar refractivity (Wildman–Crippen MR) is 99.8 cm³/mol. The molecule has 0 saturated carbocycles. The number of hydrogen-bond donors (Lipinski definition) is 0.